The Balaban J connectivity index is 2.10. The van der Waals surface area contributed by atoms with E-state index in [0.717, 1.165) is 25.7 Å². The molecule has 4 N–H and O–H groups in total. The van der Waals surface area contributed by atoms with Crippen molar-refractivity contribution >= 4 is 17.4 Å². The summed E-state index contributed by atoms with van der Waals surface area (Å²) in [6, 6.07) is 0. The number of H-pyrrole nitrogens is 1. The van der Waals surface area contributed by atoms with Gasteiger partial charge >= 0.3 is 5.69 Å². The van der Waals surface area contributed by atoms with E-state index >= 15 is 0 Å². The lowest BCUT2D eigenvalue weighted by molar-refractivity contribution is -0.120. The fraction of sp³-hybridized carbons (Fsp3) is 0.737. The van der Waals surface area contributed by atoms with Crippen molar-refractivity contribution in [3.05, 3.63) is 20.8 Å². The lowest BCUT2D eigenvalue weighted by Gasteiger charge is -2.25. The van der Waals surface area contributed by atoms with Gasteiger partial charge in [0, 0.05) is 19.6 Å². The highest BCUT2D eigenvalue weighted by atomic mass is 16.2. The van der Waals surface area contributed by atoms with E-state index in [4.69, 9.17) is 5.73 Å². The number of nitrogens with zero attached hydrogens (tertiary/aromatic N) is 2. The second-order valence-electron chi connectivity index (χ2n) is 7.32. The van der Waals surface area contributed by atoms with Crippen molar-refractivity contribution < 1.29 is 4.79 Å². The predicted octanol–water partition coefficient (Wildman–Crippen LogP) is 1.44. The Labute approximate surface area is 160 Å². The number of anilines is 2. The Morgan fingerprint density at radius 3 is 2.59 bits per heavy atom. The minimum atomic E-state index is -0.549. The molecule has 2 rings (SSSR count). The van der Waals surface area contributed by atoms with Crippen LogP contribution in [0.1, 0.15) is 58.8 Å². The summed E-state index contributed by atoms with van der Waals surface area (Å²) in [4.78, 5) is 40.8. The van der Waals surface area contributed by atoms with Crippen LogP contribution >= 0.6 is 0 Å². The van der Waals surface area contributed by atoms with E-state index in [1.165, 1.54) is 23.8 Å². The van der Waals surface area contributed by atoms with Crippen LogP contribution in [0.3, 0.4) is 0 Å². The highest BCUT2D eigenvalue weighted by Gasteiger charge is 2.20. The molecule has 1 aromatic rings. The molecule has 0 bridgehead atoms. The van der Waals surface area contributed by atoms with Crippen molar-refractivity contribution in [3.63, 3.8) is 0 Å². The van der Waals surface area contributed by atoms with Gasteiger partial charge < -0.3 is 16.0 Å². The Morgan fingerprint density at radius 1 is 1.26 bits per heavy atom. The molecule has 1 aliphatic rings. The molecule has 1 aliphatic carbocycles. The molecule has 8 heteroatoms. The Kier molecular flexibility index (Phi) is 7.94. The number of nitrogens with two attached hydrogens (primary N) is 1. The summed E-state index contributed by atoms with van der Waals surface area (Å²) in [6.07, 6.45) is 7.74. The molecule has 1 saturated carbocycles. The first-order chi connectivity index (χ1) is 13.0. The van der Waals surface area contributed by atoms with E-state index in [9.17, 15) is 14.4 Å². The van der Waals surface area contributed by atoms with Crippen molar-refractivity contribution in [1.29, 1.82) is 0 Å². The van der Waals surface area contributed by atoms with Crippen LogP contribution in [0.25, 0.3) is 0 Å². The van der Waals surface area contributed by atoms with Crippen molar-refractivity contribution in [2.75, 3.05) is 30.3 Å². The first-order valence-corrected chi connectivity index (χ1v) is 10.1. The van der Waals surface area contributed by atoms with Gasteiger partial charge in [0.25, 0.3) is 5.56 Å². The van der Waals surface area contributed by atoms with Gasteiger partial charge in [-0.2, -0.15) is 0 Å². The Morgan fingerprint density at radius 2 is 1.96 bits per heavy atom. The van der Waals surface area contributed by atoms with Gasteiger partial charge in [-0.15, -0.1) is 0 Å². The number of amides is 1. The van der Waals surface area contributed by atoms with Crippen LogP contribution < -0.4 is 27.2 Å². The van der Waals surface area contributed by atoms with Crippen LogP contribution in [0.4, 0.5) is 11.5 Å². The highest BCUT2D eigenvalue weighted by Crippen LogP contribution is 2.22. The molecular weight excluding hydrogens is 346 g/mol. The van der Waals surface area contributed by atoms with Crippen LogP contribution in [0, 0.1) is 5.92 Å². The number of hydrogen-bond donors (Lipinski definition) is 3. The summed E-state index contributed by atoms with van der Waals surface area (Å²) < 4.78 is 1.38. The summed E-state index contributed by atoms with van der Waals surface area (Å²) in [5.41, 5.74) is 5.28. The third-order valence-corrected chi connectivity index (χ3v) is 5.29. The average molecular weight is 380 g/mol. The number of likely N-dealkylation sites (N-methyl/N-ethyl adjacent to an activating group) is 1. The average Bonchev–Trinajstić information content (AvgIpc) is 2.66. The molecule has 0 saturated heterocycles. The molecule has 0 spiro atoms. The summed E-state index contributed by atoms with van der Waals surface area (Å²) in [5.74, 6) is 0.536. The molecule has 0 aliphatic heterocycles. The second-order valence-corrected chi connectivity index (χ2v) is 7.32. The van der Waals surface area contributed by atoms with Gasteiger partial charge in [0.1, 0.15) is 11.5 Å². The smallest absolute Gasteiger partial charge is 0.330 e. The number of hydrogen-bond acceptors (Lipinski definition) is 5. The monoisotopic (exact) mass is 379 g/mol. The van der Waals surface area contributed by atoms with Crippen molar-refractivity contribution in [1.82, 2.24) is 14.9 Å². The Hall–Kier alpha value is -2.25. The zero-order valence-electron chi connectivity index (χ0n) is 16.6. The lowest BCUT2D eigenvalue weighted by Crippen LogP contribution is -2.43. The first-order valence-electron chi connectivity index (χ1n) is 10.1. The van der Waals surface area contributed by atoms with E-state index < -0.39 is 11.2 Å². The fourth-order valence-electron chi connectivity index (χ4n) is 3.65. The van der Waals surface area contributed by atoms with Crippen molar-refractivity contribution in [2.45, 2.75) is 65.3 Å². The maximum Gasteiger partial charge on any atom is 0.330 e. The van der Waals surface area contributed by atoms with Crippen LogP contribution in [0.5, 0.6) is 0 Å². The summed E-state index contributed by atoms with van der Waals surface area (Å²) >= 11 is 0. The number of unbranched alkanes of at least 4 members (excludes halogenated alkanes) is 1. The lowest BCUT2D eigenvalue weighted by atomic mass is 9.89. The third kappa shape index (κ3) is 5.61. The molecule has 1 aromatic heterocycles. The molecule has 1 fully saturated rings. The standard InChI is InChI=1S/C19H33N5O3/c1-3-5-11-24-17(20)16(18(26)22-19(24)27)23(4-2)13-15(25)21-12-14-9-7-6-8-10-14/h14H,3-13,20H2,1-2H3,(H,21,25)(H,22,26,27). The number of nitrogen functional groups attached to an aromatic ring is 1. The molecule has 152 valence electrons. The molecule has 27 heavy (non-hydrogen) atoms. The molecule has 0 atom stereocenters. The van der Waals surface area contributed by atoms with E-state index in [-0.39, 0.29) is 24.0 Å². The van der Waals surface area contributed by atoms with Gasteiger partial charge in [-0.1, -0.05) is 32.6 Å². The quantitative estimate of drug-likeness (QED) is 0.601. The van der Waals surface area contributed by atoms with Gasteiger partial charge in [-0.25, -0.2) is 4.79 Å². The maximum absolute atomic E-state index is 12.4. The normalized spacial score (nSPS) is 14.9. The predicted molar refractivity (Wildman–Crippen MR) is 108 cm³/mol. The van der Waals surface area contributed by atoms with Gasteiger partial charge in [-0.05, 0) is 32.1 Å². The minimum Gasteiger partial charge on any atom is -0.383 e. The van der Waals surface area contributed by atoms with Crippen LogP contribution in [0.2, 0.25) is 0 Å². The first kappa shape index (κ1) is 21.1. The van der Waals surface area contributed by atoms with Gasteiger partial charge in [0.05, 0.1) is 6.54 Å². The van der Waals surface area contributed by atoms with Crippen molar-refractivity contribution in [2.24, 2.45) is 5.92 Å². The molecule has 8 nitrogen and oxygen atoms in total. The number of aromatic amines is 1. The van der Waals surface area contributed by atoms with Crippen LogP contribution in [0.15, 0.2) is 9.59 Å². The maximum atomic E-state index is 12.4. The largest absolute Gasteiger partial charge is 0.383 e. The zero-order valence-corrected chi connectivity index (χ0v) is 16.6. The van der Waals surface area contributed by atoms with Gasteiger partial charge in [-0.3, -0.25) is 19.1 Å². The highest BCUT2D eigenvalue weighted by molar-refractivity contribution is 5.82. The van der Waals surface area contributed by atoms with Crippen LogP contribution in [-0.2, 0) is 11.3 Å². The minimum absolute atomic E-state index is 0.0441. The number of carbonyl (C=O) groups is 1. The van der Waals surface area contributed by atoms with E-state index in [0.29, 0.717) is 25.6 Å². The SMILES string of the molecule is CCCCn1c(N)c(N(CC)CC(=O)NCC2CCCCC2)c(=O)[nH]c1=O. The molecule has 0 aromatic carbocycles. The van der Waals surface area contributed by atoms with Gasteiger partial charge in [0.2, 0.25) is 5.91 Å². The van der Waals surface area contributed by atoms with Gasteiger partial charge in [0.15, 0.2) is 0 Å². The molecule has 0 unspecified atom stereocenters. The Bertz CT molecular complexity index is 734. The number of carbonyl (C=O) groups excluding carboxylic acids is 1. The van der Waals surface area contributed by atoms with E-state index in [2.05, 4.69) is 10.3 Å². The second kappa shape index (κ2) is 10.2. The van der Waals surface area contributed by atoms with Crippen LogP contribution in [-0.4, -0.2) is 35.1 Å². The summed E-state index contributed by atoms with van der Waals surface area (Å²) in [6.45, 7) is 5.48. The molecule has 1 heterocycles. The third-order valence-electron chi connectivity index (χ3n) is 5.29. The summed E-state index contributed by atoms with van der Waals surface area (Å²) in [5, 5.41) is 2.98. The zero-order chi connectivity index (χ0) is 19.8. The molecular formula is C19H33N5O3. The fourth-order valence-corrected chi connectivity index (χ4v) is 3.65. The summed E-state index contributed by atoms with van der Waals surface area (Å²) in [7, 11) is 0. The van der Waals surface area contributed by atoms with E-state index in [1.807, 2.05) is 13.8 Å². The topological polar surface area (TPSA) is 113 Å². The molecule has 0 radical (unpaired) electrons. The number of aromatic nitrogens is 2. The van der Waals surface area contributed by atoms with Crippen molar-refractivity contribution in [3.8, 4) is 0 Å². The number of rotatable bonds is 9. The molecule has 1 amide bonds. The number of nitrogens with one attached hydrogen (secondary N) is 2. The van der Waals surface area contributed by atoms with E-state index in [1.54, 1.807) is 4.90 Å².